The molecule has 2 aliphatic heterocycles. The van der Waals surface area contributed by atoms with Gasteiger partial charge in [0.2, 0.25) is 0 Å². The van der Waals surface area contributed by atoms with Gasteiger partial charge in [0.15, 0.2) is 0 Å². The average Bonchev–Trinajstić information content (AvgIpc) is 3.31. The number of rotatable bonds is 4. The van der Waals surface area contributed by atoms with E-state index in [9.17, 15) is 14.7 Å². The molecule has 6 heteroatoms. The third kappa shape index (κ3) is 2.74. The number of benzene rings is 2. The molecule has 0 spiro atoms. The molecule has 1 aliphatic carbocycles. The lowest BCUT2D eigenvalue weighted by Gasteiger charge is -2.44. The average molecular weight is 406 g/mol. The van der Waals surface area contributed by atoms with Gasteiger partial charge < -0.3 is 14.7 Å². The summed E-state index contributed by atoms with van der Waals surface area (Å²) in [7, 11) is 1.58. The zero-order valence-corrected chi connectivity index (χ0v) is 17.1. The van der Waals surface area contributed by atoms with E-state index in [4.69, 9.17) is 4.74 Å². The third-order valence-electron chi connectivity index (χ3n) is 7.34. The lowest BCUT2D eigenvalue weighted by Crippen LogP contribution is -2.63. The van der Waals surface area contributed by atoms with Crippen LogP contribution in [0.5, 0.6) is 0 Å². The summed E-state index contributed by atoms with van der Waals surface area (Å²) in [5.41, 5.74) is 3.44. The molecule has 3 atom stereocenters. The van der Waals surface area contributed by atoms with E-state index in [0.29, 0.717) is 13.0 Å². The van der Waals surface area contributed by atoms with Crippen LogP contribution < -0.4 is 0 Å². The van der Waals surface area contributed by atoms with Crippen LogP contribution in [0.15, 0.2) is 48.5 Å². The van der Waals surface area contributed by atoms with Crippen LogP contribution in [0.2, 0.25) is 0 Å². The van der Waals surface area contributed by atoms with E-state index in [1.165, 1.54) is 16.0 Å². The molecule has 2 saturated heterocycles. The minimum atomic E-state index is -1.18. The van der Waals surface area contributed by atoms with Gasteiger partial charge in [0.05, 0.1) is 0 Å². The Morgan fingerprint density at radius 2 is 1.73 bits per heavy atom. The number of carbonyl (C=O) groups is 2. The molecule has 1 amide bonds. The molecule has 3 unspecified atom stereocenters. The number of carboxylic acid groups (broad SMARTS) is 1. The molecule has 2 fully saturated rings. The molecule has 3 aliphatic rings. The van der Waals surface area contributed by atoms with Crippen LogP contribution in [0.25, 0.3) is 11.1 Å². The largest absolute Gasteiger partial charge is 0.479 e. The maximum atomic E-state index is 13.0. The third-order valence-corrected chi connectivity index (χ3v) is 7.34. The summed E-state index contributed by atoms with van der Waals surface area (Å²) < 4.78 is 5.75. The first-order valence-electron chi connectivity index (χ1n) is 10.6. The van der Waals surface area contributed by atoms with Crippen molar-refractivity contribution < 1.29 is 19.4 Å². The number of likely N-dealkylation sites (N-methyl/N-ethyl adjacent to an activating group) is 1. The molecule has 2 heterocycles. The van der Waals surface area contributed by atoms with E-state index in [1.807, 2.05) is 24.3 Å². The fourth-order valence-electron chi connectivity index (χ4n) is 5.68. The SMILES string of the molecule is CN(C(=O)OCC1c2ccccc2-c2ccccc21)C1(C(=O)O)CCN2CCC1C2. The maximum absolute atomic E-state index is 13.0. The number of aliphatic carboxylic acids is 1. The first-order chi connectivity index (χ1) is 14.5. The van der Waals surface area contributed by atoms with Crippen molar-refractivity contribution >= 4 is 12.1 Å². The van der Waals surface area contributed by atoms with E-state index >= 15 is 0 Å². The van der Waals surface area contributed by atoms with Crippen molar-refractivity contribution in [3.63, 3.8) is 0 Å². The second-order valence-corrected chi connectivity index (χ2v) is 8.63. The van der Waals surface area contributed by atoms with E-state index in [0.717, 1.165) is 30.6 Å². The lowest BCUT2D eigenvalue weighted by atomic mass is 9.77. The highest BCUT2D eigenvalue weighted by Gasteiger charge is 2.56. The zero-order valence-electron chi connectivity index (χ0n) is 17.1. The quantitative estimate of drug-likeness (QED) is 0.843. The Labute approximate surface area is 176 Å². The predicted molar refractivity (Wildman–Crippen MR) is 112 cm³/mol. The summed E-state index contributed by atoms with van der Waals surface area (Å²) in [5, 5.41) is 10.1. The highest BCUT2D eigenvalue weighted by atomic mass is 16.6. The molecule has 0 aromatic heterocycles. The molecule has 5 rings (SSSR count). The van der Waals surface area contributed by atoms with Crippen LogP contribution in [0, 0.1) is 5.92 Å². The van der Waals surface area contributed by atoms with Crippen LogP contribution in [0.4, 0.5) is 4.79 Å². The van der Waals surface area contributed by atoms with Gasteiger partial charge in [-0.2, -0.15) is 0 Å². The second kappa shape index (κ2) is 7.13. The smallest absolute Gasteiger partial charge is 0.410 e. The lowest BCUT2D eigenvalue weighted by molar-refractivity contribution is -0.155. The number of carbonyl (C=O) groups excluding carboxylic acids is 1. The molecular weight excluding hydrogens is 380 g/mol. The van der Waals surface area contributed by atoms with Crippen LogP contribution in [0.1, 0.15) is 29.9 Å². The van der Waals surface area contributed by atoms with Crippen LogP contribution in [0.3, 0.4) is 0 Å². The van der Waals surface area contributed by atoms with Gasteiger partial charge in [-0.05, 0) is 41.6 Å². The number of hydrogen-bond acceptors (Lipinski definition) is 4. The molecule has 6 nitrogen and oxygen atoms in total. The van der Waals surface area contributed by atoms with Gasteiger partial charge in [-0.15, -0.1) is 0 Å². The summed E-state index contributed by atoms with van der Waals surface area (Å²) in [6.07, 6.45) is 0.681. The van der Waals surface area contributed by atoms with E-state index in [1.54, 1.807) is 7.05 Å². The van der Waals surface area contributed by atoms with Crippen molar-refractivity contribution in [2.45, 2.75) is 24.3 Å². The minimum Gasteiger partial charge on any atom is -0.479 e. The molecule has 2 aromatic rings. The maximum Gasteiger partial charge on any atom is 0.410 e. The van der Waals surface area contributed by atoms with Gasteiger partial charge in [0, 0.05) is 32.0 Å². The summed E-state index contributed by atoms with van der Waals surface area (Å²) in [4.78, 5) is 29.0. The predicted octanol–water partition coefficient (Wildman–Crippen LogP) is 3.42. The van der Waals surface area contributed by atoms with Gasteiger partial charge in [0.1, 0.15) is 12.1 Å². The van der Waals surface area contributed by atoms with Crippen molar-refractivity contribution in [1.29, 1.82) is 0 Å². The molecule has 1 N–H and O–H groups in total. The Kier molecular flexibility index (Phi) is 4.54. The molecule has 2 bridgehead atoms. The van der Waals surface area contributed by atoms with Crippen LogP contribution >= 0.6 is 0 Å². The summed E-state index contributed by atoms with van der Waals surface area (Å²) in [6, 6.07) is 16.4. The van der Waals surface area contributed by atoms with Crippen molar-refractivity contribution in [1.82, 2.24) is 9.80 Å². The first kappa shape index (κ1) is 19.1. The topological polar surface area (TPSA) is 70.1 Å². The Morgan fingerprint density at radius 1 is 1.10 bits per heavy atom. The fraction of sp³-hybridized carbons (Fsp3) is 0.417. The van der Waals surface area contributed by atoms with Crippen LogP contribution in [-0.2, 0) is 9.53 Å². The number of nitrogens with zero attached hydrogens (tertiary/aromatic N) is 2. The molecule has 30 heavy (non-hydrogen) atoms. The summed E-state index contributed by atoms with van der Waals surface area (Å²) >= 11 is 0. The Morgan fingerprint density at radius 3 is 2.37 bits per heavy atom. The summed E-state index contributed by atoms with van der Waals surface area (Å²) in [5.74, 6) is -1.02. The van der Waals surface area contributed by atoms with E-state index in [-0.39, 0.29) is 18.4 Å². The number of piperidine rings is 1. The fourth-order valence-corrected chi connectivity index (χ4v) is 5.68. The minimum absolute atomic E-state index is 0.0381. The van der Waals surface area contributed by atoms with Gasteiger partial charge >= 0.3 is 12.1 Å². The molecule has 2 aromatic carbocycles. The van der Waals surface area contributed by atoms with Crippen molar-refractivity contribution in [3.05, 3.63) is 59.7 Å². The normalized spacial score (nSPS) is 26.7. The Bertz CT molecular complexity index is 961. The zero-order chi connectivity index (χ0) is 20.9. The van der Waals surface area contributed by atoms with Gasteiger partial charge in [-0.25, -0.2) is 9.59 Å². The molecular formula is C24H26N2O4. The number of amides is 1. The monoisotopic (exact) mass is 406 g/mol. The standard InChI is InChI=1S/C24H26N2O4/c1-25(24(22(27)28)11-13-26-12-10-16(24)14-26)23(29)30-15-21-19-8-4-2-6-17(19)18-7-3-5-9-20(18)21/h2-9,16,21H,10-15H2,1H3,(H,27,28). The van der Waals surface area contributed by atoms with E-state index < -0.39 is 17.6 Å². The highest BCUT2D eigenvalue weighted by Crippen LogP contribution is 2.45. The van der Waals surface area contributed by atoms with E-state index in [2.05, 4.69) is 29.2 Å². The number of carboxylic acids is 1. The second-order valence-electron chi connectivity index (χ2n) is 8.63. The number of fused-ring (bicyclic) bond motifs is 5. The van der Waals surface area contributed by atoms with Gasteiger partial charge in [0.25, 0.3) is 0 Å². The van der Waals surface area contributed by atoms with Crippen molar-refractivity contribution in [3.8, 4) is 11.1 Å². The summed E-state index contributed by atoms with van der Waals surface area (Å²) in [6.45, 7) is 2.53. The molecule has 0 saturated carbocycles. The van der Waals surface area contributed by atoms with Crippen molar-refractivity contribution in [2.75, 3.05) is 33.3 Å². The Balaban J connectivity index is 1.37. The first-order valence-corrected chi connectivity index (χ1v) is 10.6. The van der Waals surface area contributed by atoms with Crippen LogP contribution in [-0.4, -0.2) is 65.8 Å². The Hall–Kier alpha value is -2.86. The molecule has 156 valence electrons. The highest BCUT2D eigenvalue weighted by molar-refractivity contribution is 5.85. The van der Waals surface area contributed by atoms with Gasteiger partial charge in [-0.3, -0.25) is 4.90 Å². The van der Waals surface area contributed by atoms with Crippen molar-refractivity contribution in [2.24, 2.45) is 5.92 Å². The number of hydrogen-bond donors (Lipinski definition) is 1. The molecule has 0 radical (unpaired) electrons. The van der Waals surface area contributed by atoms with Gasteiger partial charge in [-0.1, -0.05) is 48.5 Å². The number of ether oxygens (including phenoxy) is 1.